The number of benzene rings is 1. The fourth-order valence-electron chi connectivity index (χ4n) is 6.78. The standard InChI is InChI=1S/C39H55N11O3/c1-27-11-9-10-18-49(27)38-46-45-36-17-14-29(26-50(36)38)53-33-16-15-32(30-12-7-8-13-31(30)33)43-37(51)44-35(23-34(40)39(2,3)4)42-28-24-41-48(25-28)20-19-47(5)21-22-52-6/h7-8,12-14,17,23-27,32-33H,9-11,15-16,18-22,40H2,1-6H3,(H2,42,43,44,51)/t27-,32-,33+/m0/s1. The maximum atomic E-state index is 13.6. The Balaban J connectivity index is 1.15. The van der Waals surface area contributed by atoms with Crippen LogP contribution in [0.15, 0.2) is 71.8 Å². The molecule has 14 nitrogen and oxygen atoms in total. The van der Waals surface area contributed by atoms with Crippen LogP contribution in [0.2, 0.25) is 0 Å². The third-order valence-electron chi connectivity index (χ3n) is 10.1. The number of fused-ring (bicyclic) bond motifs is 2. The van der Waals surface area contributed by atoms with Crippen molar-refractivity contribution in [1.29, 1.82) is 0 Å². The van der Waals surface area contributed by atoms with E-state index in [0.717, 1.165) is 67.4 Å². The highest BCUT2D eigenvalue weighted by Crippen LogP contribution is 2.39. The summed E-state index contributed by atoms with van der Waals surface area (Å²) >= 11 is 0. The summed E-state index contributed by atoms with van der Waals surface area (Å²) in [6, 6.07) is 11.9. The maximum Gasteiger partial charge on any atom is 0.320 e. The third kappa shape index (κ3) is 9.54. The molecule has 0 saturated carbocycles. The highest BCUT2D eigenvalue weighted by atomic mass is 16.5. The predicted octanol–water partition coefficient (Wildman–Crippen LogP) is 5.76. The molecule has 1 fully saturated rings. The van der Waals surface area contributed by atoms with Crippen molar-refractivity contribution in [1.82, 2.24) is 39.9 Å². The Morgan fingerprint density at radius 1 is 1.08 bits per heavy atom. The van der Waals surface area contributed by atoms with E-state index < -0.39 is 0 Å². The van der Waals surface area contributed by atoms with E-state index in [1.807, 2.05) is 73.6 Å². The lowest BCUT2D eigenvalue weighted by molar-refractivity contribution is 0.159. The van der Waals surface area contributed by atoms with Gasteiger partial charge in [-0.15, -0.1) is 10.2 Å². The lowest BCUT2D eigenvalue weighted by atomic mass is 9.85. The first kappa shape index (κ1) is 37.8. The molecule has 0 radical (unpaired) electrons. The van der Waals surface area contributed by atoms with Crippen LogP contribution in [0.3, 0.4) is 0 Å². The molecule has 0 unspecified atom stereocenters. The van der Waals surface area contributed by atoms with Crippen LogP contribution in [-0.2, 0) is 11.3 Å². The van der Waals surface area contributed by atoms with E-state index in [4.69, 9.17) is 20.2 Å². The van der Waals surface area contributed by atoms with Gasteiger partial charge in [0.1, 0.15) is 23.4 Å². The zero-order valence-corrected chi connectivity index (χ0v) is 32.0. The third-order valence-corrected chi connectivity index (χ3v) is 10.1. The Morgan fingerprint density at radius 3 is 2.66 bits per heavy atom. The van der Waals surface area contributed by atoms with Gasteiger partial charge in [-0.05, 0) is 69.3 Å². The number of aliphatic imine (C=N–C) groups is 1. The van der Waals surface area contributed by atoms with Gasteiger partial charge in [-0.3, -0.25) is 14.4 Å². The number of aromatic nitrogens is 5. The van der Waals surface area contributed by atoms with Gasteiger partial charge in [0.05, 0.1) is 37.8 Å². The minimum atomic E-state index is -0.370. The van der Waals surface area contributed by atoms with Crippen molar-refractivity contribution < 1.29 is 14.3 Å². The van der Waals surface area contributed by atoms with E-state index in [0.29, 0.717) is 42.8 Å². The van der Waals surface area contributed by atoms with E-state index in [9.17, 15) is 4.79 Å². The van der Waals surface area contributed by atoms with Crippen LogP contribution in [0.4, 0.5) is 16.4 Å². The summed E-state index contributed by atoms with van der Waals surface area (Å²) in [6.07, 6.45) is 12.0. The van der Waals surface area contributed by atoms with Crippen LogP contribution in [0.5, 0.6) is 5.75 Å². The summed E-state index contributed by atoms with van der Waals surface area (Å²) in [5.41, 5.74) is 10.2. The fraction of sp³-hybridized carbons (Fsp3) is 0.513. The van der Waals surface area contributed by atoms with Gasteiger partial charge >= 0.3 is 6.03 Å². The van der Waals surface area contributed by atoms with Crippen LogP contribution in [0, 0.1) is 5.41 Å². The van der Waals surface area contributed by atoms with Gasteiger partial charge in [0.15, 0.2) is 5.65 Å². The van der Waals surface area contributed by atoms with Gasteiger partial charge in [-0.25, -0.2) is 9.79 Å². The highest BCUT2D eigenvalue weighted by molar-refractivity contribution is 6.05. The number of nitrogens with zero attached hydrogens (tertiary/aromatic N) is 8. The number of likely N-dealkylation sites (N-methyl/N-ethyl adjacent to an activating group) is 1. The van der Waals surface area contributed by atoms with E-state index in [-0.39, 0.29) is 23.6 Å². The topological polar surface area (TPSA) is 152 Å². The molecule has 4 N–H and O–H groups in total. The van der Waals surface area contributed by atoms with Crippen molar-refractivity contribution in [3.05, 3.63) is 77.9 Å². The van der Waals surface area contributed by atoms with E-state index in [1.165, 1.54) is 6.42 Å². The van der Waals surface area contributed by atoms with Crippen molar-refractivity contribution in [3.8, 4) is 5.75 Å². The molecular weight excluding hydrogens is 671 g/mol. The minimum Gasteiger partial charge on any atom is -0.484 e. The van der Waals surface area contributed by atoms with Gasteiger partial charge < -0.3 is 30.3 Å². The number of allylic oxidation sites excluding steroid dienone is 1. The summed E-state index contributed by atoms with van der Waals surface area (Å²) in [6.45, 7) is 12.3. The van der Waals surface area contributed by atoms with Crippen LogP contribution < -0.4 is 26.0 Å². The molecule has 1 aliphatic carbocycles. The molecule has 0 spiro atoms. The first-order valence-corrected chi connectivity index (χ1v) is 18.7. The molecule has 1 aromatic carbocycles. The molecule has 4 aromatic rings. The van der Waals surface area contributed by atoms with Crippen LogP contribution in [0.25, 0.3) is 5.65 Å². The number of hydrogen-bond donors (Lipinski definition) is 3. The van der Waals surface area contributed by atoms with Gasteiger partial charge in [0.2, 0.25) is 5.95 Å². The van der Waals surface area contributed by atoms with Gasteiger partial charge in [-0.1, -0.05) is 45.0 Å². The average Bonchev–Trinajstić information content (AvgIpc) is 3.77. The molecule has 6 rings (SSSR count). The van der Waals surface area contributed by atoms with E-state index in [2.05, 4.69) is 54.8 Å². The van der Waals surface area contributed by atoms with Gasteiger partial charge in [0.25, 0.3) is 0 Å². The Bertz CT molecular complexity index is 1910. The van der Waals surface area contributed by atoms with Crippen molar-refractivity contribution >= 4 is 29.1 Å². The summed E-state index contributed by atoms with van der Waals surface area (Å²) < 4.78 is 15.7. The summed E-state index contributed by atoms with van der Waals surface area (Å²) in [4.78, 5) is 22.9. The lowest BCUT2D eigenvalue weighted by Gasteiger charge is -2.33. The van der Waals surface area contributed by atoms with Crippen molar-refractivity contribution in [2.75, 3.05) is 45.3 Å². The zero-order chi connectivity index (χ0) is 37.5. The molecule has 1 aliphatic heterocycles. The summed E-state index contributed by atoms with van der Waals surface area (Å²) in [5, 5.41) is 19.6. The number of nitrogens with one attached hydrogen (secondary N) is 2. The van der Waals surface area contributed by atoms with Crippen molar-refractivity contribution in [2.24, 2.45) is 16.1 Å². The van der Waals surface area contributed by atoms with Gasteiger partial charge in [-0.2, -0.15) is 5.10 Å². The minimum absolute atomic E-state index is 0.179. The number of carbonyl (C=O) groups is 1. The second kappa shape index (κ2) is 16.8. The number of amidine groups is 1. The molecular formula is C39H55N11O3. The average molecular weight is 726 g/mol. The van der Waals surface area contributed by atoms with Crippen LogP contribution in [0.1, 0.15) is 83.1 Å². The number of nitrogens with two attached hydrogens (primary N) is 1. The number of methoxy groups -OCH3 is 1. The lowest BCUT2D eigenvalue weighted by Crippen LogP contribution is -2.42. The Hall–Kier alpha value is -4.95. The SMILES string of the molecule is COCCN(C)CCn1cc(N=C(C=C(N)C(C)(C)C)NC(=O)N[C@H]2CC[C@@H](Oc3ccc4nnc(N5CCCC[C@@H]5C)n4c3)c3ccccc32)cn1. The normalized spacial score (nSPS) is 19.8. The molecule has 284 valence electrons. The molecule has 1 saturated heterocycles. The molecule has 3 aromatic heterocycles. The zero-order valence-electron chi connectivity index (χ0n) is 32.0. The highest BCUT2D eigenvalue weighted by Gasteiger charge is 2.30. The molecule has 2 amide bonds. The fourth-order valence-corrected chi connectivity index (χ4v) is 6.78. The largest absolute Gasteiger partial charge is 0.484 e. The Kier molecular flexibility index (Phi) is 12.0. The Labute approximate surface area is 312 Å². The Morgan fingerprint density at radius 2 is 1.89 bits per heavy atom. The first-order valence-electron chi connectivity index (χ1n) is 18.7. The van der Waals surface area contributed by atoms with Crippen LogP contribution >= 0.6 is 0 Å². The second-order valence-electron chi connectivity index (χ2n) is 15.2. The number of anilines is 1. The smallest absolute Gasteiger partial charge is 0.320 e. The molecule has 14 heteroatoms. The van der Waals surface area contributed by atoms with Crippen LogP contribution in [-0.4, -0.2) is 87.6 Å². The summed E-state index contributed by atoms with van der Waals surface area (Å²) in [5.74, 6) is 1.94. The number of carbonyl (C=O) groups excluding carboxylic acids is 1. The first-order chi connectivity index (χ1) is 25.5. The number of amides is 2. The van der Waals surface area contributed by atoms with Crippen molar-refractivity contribution in [2.45, 2.75) is 84.5 Å². The number of urea groups is 1. The molecule has 3 atom stereocenters. The molecule has 2 aliphatic rings. The molecule has 0 bridgehead atoms. The monoisotopic (exact) mass is 725 g/mol. The van der Waals surface area contributed by atoms with E-state index in [1.54, 1.807) is 19.4 Å². The van der Waals surface area contributed by atoms with Gasteiger partial charge in [0, 0.05) is 50.0 Å². The van der Waals surface area contributed by atoms with E-state index >= 15 is 0 Å². The second-order valence-corrected chi connectivity index (χ2v) is 15.2. The number of ether oxygens (including phenoxy) is 2. The predicted molar refractivity (Wildman–Crippen MR) is 208 cm³/mol. The quantitative estimate of drug-likeness (QED) is 0.122. The molecule has 4 heterocycles. The molecule has 53 heavy (non-hydrogen) atoms. The maximum absolute atomic E-state index is 13.6. The van der Waals surface area contributed by atoms with Crippen molar-refractivity contribution in [3.63, 3.8) is 0 Å². The number of hydrogen-bond acceptors (Lipinski definition) is 10. The summed E-state index contributed by atoms with van der Waals surface area (Å²) in [7, 11) is 3.75. The number of rotatable bonds is 12. The number of pyridine rings is 1. The number of piperidine rings is 1.